The summed E-state index contributed by atoms with van der Waals surface area (Å²) in [5, 5.41) is 10.5. The van der Waals surface area contributed by atoms with E-state index in [0.717, 1.165) is 19.4 Å². The van der Waals surface area contributed by atoms with Gasteiger partial charge in [0.25, 0.3) is 0 Å². The molecule has 0 radical (unpaired) electrons. The molecule has 12 heteroatoms. The molecule has 0 saturated carbocycles. The van der Waals surface area contributed by atoms with E-state index in [1.54, 1.807) is 31.3 Å². The number of hydrogen-bond acceptors (Lipinski definition) is 7. The lowest BCUT2D eigenvalue weighted by atomic mass is 10.0. The molecule has 2 aromatic heterocycles. The Labute approximate surface area is 233 Å². The van der Waals surface area contributed by atoms with Crippen LogP contribution in [-0.4, -0.2) is 88.4 Å². The molecule has 40 heavy (non-hydrogen) atoms. The van der Waals surface area contributed by atoms with E-state index in [-0.39, 0.29) is 47.4 Å². The molecule has 1 unspecified atom stereocenters. The minimum absolute atomic E-state index is 0.00410. The van der Waals surface area contributed by atoms with Gasteiger partial charge in [0.1, 0.15) is 29.5 Å². The molecule has 1 N–H and O–H groups in total. The number of hydrogen-bond donors (Lipinski definition) is 1. The molecule has 2 aromatic carbocycles. The summed E-state index contributed by atoms with van der Waals surface area (Å²) in [7, 11) is 3.81. The zero-order chi connectivity index (χ0) is 28.1. The van der Waals surface area contributed by atoms with Gasteiger partial charge in [-0.2, -0.15) is 9.97 Å². The number of amides is 1. The van der Waals surface area contributed by atoms with Crippen LogP contribution in [0.1, 0.15) is 12.8 Å². The highest BCUT2D eigenvalue weighted by atomic mass is 35.5. The number of anilines is 1. The van der Waals surface area contributed by atoms with Gasteiger partial charge in [-0.25, -0.2) is 13.6 Å². The van der Waals surface area contributed by atoms with Crippen LogP contribution in [0.5, 0.6) is 6.01 Å². The molecule has 2 saturated heterocycles. The first-order valence-electron chi connectivity index (χ1n) is 13.0. The number of benzene rings is 2. The first kappa shape index (κ1) is 26.4. The number of aromatic nitrogens is 3. The predicted molar refractivity (Wildman–Crippen MR) is 148 cm³/mol. The monoisotopic (exact) mass is 568 g/mol. The summed E-state index contributed by atoms with van der Waals surface area (Å²) >= 11 is 6.32. The van der Waals surface area contributed by atoms with Crippen molar-refractivity contribution in [2.45, 2.75) is 24.9 Å². The van der Waals surface area contributed by atoms with Gasteiger partial charge in [0.2, 0.25) is 0 Å². The fourth-order valence-electron chi connectivity index (χ4n) is 5.44. The summed E-state index contributed by atoms with van der Waals surface area (Å²) in [5.41, 5.74) is 0.303. The summed E-state index contributed by atoms with van der Waals surface area (Å²) in [4.78, 5) is 30.1. The minimum atomic E-state index is -0.996. The first-order chi connectivity index (χ1) is 19.2. The van der Waals surface area contributed by atoms with Crippen LogP contribution in [0.3, 0.4) is 0 Å². The van der Waals surface area contributed by atoms with Crippen LogP contribution in [0.2, 0.25) is 5.02 Å². The average molecular weight is 569 g/mol. The van der Waals surface area contributed by atoms with Crippen LogP contribution in [0.15, 0.2) is 36.5 Å². The van der Waals surface area contributed by atoms with Gasteiger partial charge in [-0.1, -0.05) is 35.9 Å². The van der Waals surface area contributed by atoms with E-state index < -0.39 is 17.7 Å². The van der Waals surface area contributed by atoms with Gasteiger partial charge in [0.15, 0.2) is 5.82 Å². The standard InChI is InChI=1S/C28H27ClF2N6O3/c1-35-10-4-6-16(35)14-40-27-33-25-19(26(34-27)36(2)17-12-37(13-17)28(38)39)11-32-24(23(25)31)18-7-3-5-15-8-9-20(30)22(29)21(15)18/h3,5,7-9,11,16-17H,4,6,10,12-14H2,1-2H3,(H,38,39). The van der Waals surface area contributed by atoms with Crippen molar-refractivity contribution < 1.29 is 23.4 Å². The van der Waals surface area contributed by atoms with Crippen LogP contribution < -0.4 is 9.64 Å². The number of nitrogens with zero attached hydrogens (tertiary/aromatic N) is 6. The van der Waals surface area contributed by atoms with Crippen molar-refractivity contribution in [1.29, 1.82) is 0 Å². The van der Waals surface area contributed by atoms with E-state index in [4.69, 9.17) is 16.3 Å². The molecule has 6 rings (SSSR count). The maximum Gasteiger partial charge on any atom is 0.407 e. The minimum Gasteiger partial charge on any atom is -0.465 e. The molecule has 1 atom stereocenters. The quantitative estimate of drug-likeness (QED) is 0.345. The Balaban J connectivity index is 1.46. The van der Waals surface area contributed by atoms with Gasteiger partial charge in [-0.05, 0) is 37.9 Å². The molecule has 4 heterocycles. The maximum absolute atomic E-state index is 16.3. The van der Waals surface area contributed by atoms with Crippen molar-refractivity contribution in [1.82, 2.24) is 24.8 Å². The molecule has 1 amide bonds. The summed E-state index contributed by atoms with van der Waals surface area (Å²) in [6, 6.07) is 8.04. The highest BCUT2D eigenvalue weighted by Crippen LogP contribution is 2.38. The Hall–Kier alpha value is -3.83. The molecular formula is C28H27ClF2N6O3. The summed E-state index contributed by atoms with van der Waals surface area (Å²) in [6.07, 6.45) is 2.53. The second kappa shape index (κ2) is 10.3. The van der Waals surface area contributed by atoms with Gasteiger partial charge >= 0.3 is 12.1 Å². The number of halogens is 3. The predicted octanol–water partition coefficient (Wildman–Crippen LogP) is 5.05. The first-order valence-corrected chi connectivity index (χ1v) is 13.4. The summed E-state index contributed by atoms with van der Waals surface area (Å²) in [6.45, 7) is 1.89. The van der Waals surface area contributed by atoms with Crippen molar-refractivity contribution in [2.75, 3.05) is 45.2 Å². The van der Waals surface area contributed by atoms with Crippen molar-refractivity contribution in [3.8, 4) is 17.3 Å². The topological polar surface area (TPSA) is 94.9 Å². The number of likely N-dealkylation sites (tertiary alicyclic amines) is 2. The van der Waals surface area contributed by atoms with Crippen LogP contribution in [0, 0.1) is 11.6 Å². The van der Waals surface area contributed by atoms with E-state index in [1.807, 2.05) is 11.9 Å². The Morgan fingerprint density at radius 1 is 1.23 bits per heavy atom. The molecule has 4 aromatic rings. The molecule has 2 aliphatic rings. The maximum atomic E-state index is 16.3. The molecule has 2 aliphatic heterocycles. The molecule has 9 nitrogen and oxygen atoms in total. The largest absolute Gasteiger partial charge is 0.465 e. The normalized spacial score (nSPS) is 17.9. The lowest BCUT2D eigenvalue weighted by Gasteiger charge is -2.42. The molecule has 2 fully saturated rings. The third kappa shape index (κ3) is 4.52. The fourth-order valence-corrected chi connectivity index (χ4v) is 5.71. The van der Waals surface area contributed by atoms with Gasteiger partial charge in [-0.15, -0.1) is 0 Å². The number of rotatable bonds is 6. The number of pyridine rings is 1. The fraction of sp³-hybridized carbons (Fsp3) is 0.357. The van der Waals surface area contributed by atoms with E-state index in [9.17, 15) is 14.3 Å². The Kier molecular flexibility index (Phi) is 6.79. The second-order valence-electron chi connectivity index (χ2n) is 10.3. The van der Waals surface area contributed by atoms with Crippen LogP contribution in [0.25, 0.3) is 32.9 Å². The molecule has 0 bridgehead atoms. The van der Waals surface area contributed by atoms with Crippen molar-refractivity contribution >= 4 is 45.2 Å². The van der Waals surface area contributed by atoms with Crippen LogP contribution in [0.4, 0.5) is 19.4 Å². The van der Waals surface area contributed by atoms with E-state index in [0.29, 0.717) is 34.1 Å². The number of carbonyl (C=O) groups is 1. The smallest absolute Gasteiger partial charge is 0.407 e. The number of carboxylic acid groups (broad SMARTS) is 1. The lowest BCUT2D eigenvalue weighted by Crippen LogP contribution is -2.60. The van der Waals surface area contributed by atoms with Crippen molar-refractivity contribution in [3.63, 3.8) is 0 Å². The van der Waals surface area contributed by atoms with Crippen LogP contribution in [-0.2, 0) is 0 Å². The molecule has 208 valence electrons. The van der Waals surface area contributed by atoms with Gasteiger partial charge in [0, 0.05) is 43.3 Å². The van der Waals surface area contributed by atoms with E-state index >= 15 is 4.39 Å². The molecule has 0 aliphatic carbocycles. The van der Waals surface area contributed by atoms with E-state index in [2.05, 4.69) is 19.9 Å². The van der Waals surface area contributed by atoms with Crippen molar-refractivity contribution in [3.05, 3.63) is 53.2 Å². The van der Waals surface area contributed by atoms with Gasteiger partial charge in [0.05, 0.1) is 16.5 Å². The summed E-state index contributed by atoms with van der Waals surface area (Å²) < 4.78 is 36.7. The lowest BCUT2D eigenvalue weighted by molar-refractivity contribution is 0.105. The molecular weight excluding hydrogens is 542 g/mol. The summed E-state index contributed by atoms with van der Waals surface area (Å²) in [5.74, 6) is -0.946. The average Bonchev–Trinajstić information content (AvgIpc) is 3.32. The van der Waals surface area contributed by atoms with Crippen LogP contribution >= 0.6 is 11.6 Å². The number of fused-ring (bicyclic) bond motifs is 2. The third-order valence-corrected chi connectivity index (χ3v) is 8.29. The number of ether oxygens (including phenoxy) is 1. The SMILES string of the molecule is CN1CCCC1COc1nc(N(C)C2CN(C(=O)O)C2)c2cnc(-c3cccc4ccc(F)c(Cl)c34)c(F)c2n1. The Morgan fingerprint density at radius 3 is 2.75 bits per heavy atom. The van der Waals surface area contributed by atoms with E-state index in [1.165, 1.54) is 17.2 Å². The highest BCUT2D eigenvalue weighted by Gasteiger charge is 2.35. The highest BCUT2D eigenvalue weighted by molar-refractivity contribution is 6.36. The Morgan fingerprint density at radius 2 is 2.02 bits per heavy atom. The van der Waals surface area contributed by atoms with Crippen molar-refractivity contribution in [2.24, 2.45) is 0 Å². The second-order valence-corrected chi connectivity index (χ2v) is 10.7. The van der Waals surface area contributed by atoms with Gasteiger partial charge in [-0.3, -0.25) is 4.98 Å². The Bertz CT molecular complexity index is 1630. The third-order valence-electron chi connectivity index (χ3n) is 7.92. The van der Waals surface area contributed by atoms with Gasteiger partial charge < -0.3 is 24.5 Å². The zero-order valence-electron chi connectivity index (χ0n) is 21.9. The zero-order valence-corrected chi connectivity index (χ0v) is 22.7. The number of likely N-dealkylation sites (N-methyl/N-ethyl adjacent to an activating group) is 2. The molecule has 0 spiro atoms.